The van der Waals surface area contributed by atoms with Gasteiger partial charge in [0.1, 0.15) is 17.3 Å². The van der Waals surface area contributed by atoms with Crippen molar-refractivity contribution in [3.05, 3.63) is 58.5 Å². The van der Waals surface area contributed by atoms with Crippen LogP contribution in [0, 0.1) is 11.7 Å². The number of H-pyrrole nitrogens is 1. The Morgan fingerprint density at radius 2 is 2.00 bits per heavy atom. The maximum atomic E-state index is 12.8. The fourth-order valence-electron chi connectivity index (χ4n) is 2.76. The Balaban J connectivity index is 1.44. The van der Waals surface area contributed by atoms with Gasteiger partial charge < -0.3 is 9.72 Å². The van der Waals surface area contributed by atoms with Crippen LogP contribution in [0.2, 0.25) is 0 Å². The first-order chi connectivity index (χ1) is 11.2. The molecule has 23 heavy (non-hydrogen) atoms. The van der Waals surface area contributed by atoms with Gasteiger partial charge in [0.2, 0.25) is 0 Å². The van der Waals surface area contributed by atoms with Crippen LogP contribution in [0.25, 0.3) is 0 Å². The molecule has 1 aliphatic heterocycles. The predicted octanol–water partition coefficient (Wildman–Crippen LogP) is 2.20. The van der Waals surface area contributed by atoms with Gasteiger partial charge in [0.25, 0.3) is 5.56 Å². The van der Waals surface area contributed by atoms with Crippen LogP contribution >= 0.6 is 0 Å². The molecule has 0 bridgehead atoms. The van der Waals surface area contributed by atoms with E-state index < -0.39 is 0 Å². The number of hydrogen-bond donors (Lipinski definition) is 1. The normalized spacial score (nSPS) is 16.4. The van der Waals surface area contributed by atoms with Crippen molar-refractivity contribution in [1.82, 2.24) is 14.9 Å². The maximum absolute atomic E-state index is 12.8. The van der Waals surface area contributed by atoms with Gasteiger partial charge in [-0.05, 0) is 56.1 Å². The highest BCUT2D eigenvalue weighted by Gasteiger charge is 2.20. The van der Waals surface area contributed by atoms with E-state index in [1.807, 2.05) is 0 Å². The number of nitrogens with zero attached hydrogens (tertiary/aromatic N) is 2. The van der Waals surface area contributed by atoms with Crippen molar-refractivity contribution in [3.8, 4) is 5.75 Å². The third-order valence-electron chi connectivity index (χ3n) is 4.16. The first kappa shape index (κ1) is 15.7. The lowest BCUT2D eigenvalue weighted by Crippen LogP contribution is -2.36. The van der Waals surface area contributed by atoms with Crippen LogP contribution in [-0.2, 0) is 6.54 Å². The van der Waals surface area contributed by atoms with E-state index in [1.54, 1.807) is 24.5 Å². The van der Waals surface area contributed by atoms with Crippen molar-refractivity contribution in [2.24, 2.45) is 5.92 Å². The molecule has 2 heterocycles. The summed E-state index contributed by atoms with van der Waals surface area (Å²) in [7, 11) is 0. The van der Waals surface area contributed by atoms with Crippen molar-refractivity contribution >= 4 is 0 Å². The Kier molecular flexibility index (Phi) is 5.02. The summed E-state index contributed by atoms with van der Waals surface area (Å²) in [6, 6.07) is 6.11. The van der Waals surface area contributed by atoms with Crippen LogP contribution in [0.5, 0.6) is 5.75 Å². The smallest absolute Gasteiger partial charge is 0.270 e. The third-order valence-corrected chi connectivity index (χ3v) is 4.16. The summed E-state index contributed by atoms with van der Waals surface area (Å²) in [5.74, 6) is 0.933. The van der Waals surface area contributed by atoms with Crippen molar-refractivity contribution < 1.29 is 9.13 Å². The minimum Gasteiger partial charge on any atom is -0.493 e. The standard InChI is InChI=1S/C17H20FN3O2/c18-14-1-3-15(4-2-14)23-12-13-5-9-21(10-6-13)11-16-17(22)20-8-7-19-16/h1-4,7-8,13H,5-6,9-12H2,(H,20,22). The van der Waals surface area contributed by atoms with E-state index in [0.29, 0.717) is 30.5 Å². The molecule has 0 aliphatic carbocycles. The number of aromatic nitrogens is 2. The van der Waals surface area contributed by atoms with Crippen LogP contribution in [0.4, 0.5) is 4.39 Å². The van der Waals surface area contributed by atoms with E-state index in [-0.39, 0.29) is 11.4 Å². The maximum Gasteiger partial charge on any atom is 0.270 e. The van der Waals surface area contributed by atoms with Crippen molar-refractivity contribution in [2.45, 2.75) is 19.4 Å². The predicted molar refractivity (Wildman–Crippen MR) is 84.8 cm³/mol. The summed E-state index contributed by atoms with van der Waals surface area (Å²) < 4.78 is 18.6. The van der Waals surface area contributed by atoms with Crippen molar-refractivity contribution in [3.63, 3.8) is 0 Å². The van der Waals surface area contributed by atoms with E-state index in [2.05, 4.69) is 14.9 Å². The van der Waals surface area contributed by atoms with Crippen LogP contribution in [-0.4, -0.2) is 34.6 Å². The zero-order chi connectivity index (χ0) is 16.1. The molecule has 122 valence electrons. The summed E-state index contributed by atoms with van der Waals surface area (Å²) in [5.41, 5.74) is 0.447. The number of benzene rings is 1. The molecule has 1 fully saturated rings. The molecular formula is C17H20FN3O2. The minimum atomic E-state index is -0.254. The van der Waals surface area contributed by atoms with Gasteiger partial charge in [-0.25, -0.2) is 4.39 Å². The van der Waals surface area contributed by atoms with Crippen LogP contribution in [0.1, 0.15) is 18.5 Å². The molecule has 0 amide bonds. The molecule has 0 spiro atoms. The molecule has 1 N–H and O–H groups in total. The highest BCUT2D eigenvalue weighted by molar-refractivity contribution is 5.22. The van der Waals surface area contributed by atoms with Gasteiger partial charge in [-0.3, -0.25) is 14.7 Å². The van der Waals surface area contributed by atoms with Gasteiger partial charge >= 0.3 is 0 Å². The number of nitrogens with one attached hydrogen (secondary N) is 1. The first-order valence-corrected chi connectivity index (χ1v) is 7.84. The SMILES string of the molecule is O=c1[nH]ccnc1CN1CCC(COc2ccc(F)cc2)CC1. The molecule has 1 aromatic carbocycles. The second-order valence-corrected chi connectivity index (χ2v) is 5.85. The average molecular weight is 317 g/mol. The van der Waals surface area contributed by atoms with Crippen LogP contribution in [0.15, 0.2) is 41.5 Å². The molecule has 0 saturated carbocycles. The molecule has 5 nitrogen and oxygen atoms in total. The highest BCUT2D eigenvalue weighted by atomic mass is 19.1. The number of halogens is 1. The van der Waals surface area contributed by atoms with Crippen molar-refractivity contribution in [2.75, 3.05) is 19.7 Å². The second kappa shape index (κ2) is 7.37. The number of aromatic amines is 1. The van der Waals surface area contributed by atoms with Gasteiger partial charge in [0.15, 0.2) is 0 Å². The molecule has 3 rings (SSSR count). The average Bonchev–Trinajstić information content (AvgIpc) is 2.58. The van der Waals surface area contributed by atoms with Gasteiger partial charge in [-0.15, -0.1) is 0 Å². The molecule has 6 heteroatoms. The molecule has 0 unspecified atom stereocenters. The third kappa shape index (κ3) is 4.39. The Morgan fingerprint density at radius 3 is 2.70 bits per heavy atom. The van der Waals surface area contributed by atoms with E-state index >= 15 is 0 Å². The zero-order valence-electron chi connectivity index (χ0n) is 12.9. The first-order valence-electron chi connectivity index (χ1n) is 7.84. The second-order valence-electron chi connectivity index (χ2n) is 5.85. The fraction of sp³-hybridized carbons (Fsp3) is 0.412. The molecule has 0 atom stereocenters. The topological polar surface area (TPSA) is 58.2 Å². The van der Waals surface area contributed by atoms with E-state index in [9.17, 15) is 9.18 Å². The van der Waals surface area contributed by atoms with Gasteiger partial charge in [0, 0.05) is 18.9 Å². The fourth-order valence-corrected chi connectivity index (χ4v) is 2.76. The Labute approximate surface area is 134 Å². The summed E-state index contributed by atoms with van der Waals surface area (Å²) in [6.07, 6.45) is 5.20. The Hall–Kier alpha value is -2.21. The van der Waals surface area contributed by atoms with Gasteiger partial charge in [-0.1, -0.05) is 0 Å². The largest absolute Gasteiger partial charge is 0.493 e. The Morgan fingerprint density at radius 1 is 1.26 bits per heavy atom. The van der Waals surface area contributed by atoms with E-state index in [0.717, 1.165) is 25.9 Å². The van der Waals surface area contributed by atoms with Crippen LogP contribution < -0.4 is 10.3 Å². The zero-order valence-corrected chi connectivity index (χ0v) is 12.9. The van der Waals surface area contributed by atoms with E-state index in [4.69, 9.17) is 4.74 Å². The lowest BCUT2D eigenvalue weighted by Gasteiger charge is -2.31. The lowest BCUT2D eigenvalue weighted by molar-refractivity contribution is 0.135. The van der Waals surface area contributed by atoms with Gasteiger partial charge in [0.05, 0.1) is 6.61 Å². The number of hydrogen-bond acceptors (Lipinski definition) is 4. The molecule has 1 saturated heterocycles. The summed E-state index contributed by atoms with van der Waals surface area (Å²) in [5, 5.41) is 0. The summed E-state index contributed by atoms with van der Waals surface area (Å²) >= 11 is 0. The number of piperidine rings is 1. The monoisotopic (exact) mass is 317 g/mol. The van der Waals surface area contributed by atoms with Crippen LogP contribution in [0.3, 0.4) is 0 Å². The molecule has 0 radical (unpaired) electrons. The molecule has 1 aliphatic rings. The Bertz CT molecular complexity index is 679. The minimum absolute atomic E-state index is 0.116. The van der Waals surface area contributed by atoms with Crippen molar-refractivity contribution in [1.29, 1.82) is 0 Å². The summed E-state index contributed by atoms with van der Waals surface area (Å²) in [4.78, 5) is 20.7. The lowest BCUT2D eigenvalue weighted by atomic mass is 9.97. The highest BCUT2D eigenvalue weighted by Crippen LogP contribution is 2.20. The summed E-state index contributed by atoms with van der Waals surface area (Å²) in [6.45, 7) is 3.08. The molecule has 2 aromatic rings. The number of ether oxygens (including phenoxy) is 1. The molecule has 1 aromatic heterocycles. The van der Waals surface area contributed by atoms with E-state index in [1.165, 1.54) is 12.1 Å². The van der Waals surface area contributed by atoms with Gasteiger partial charge in [-0.2, -0.15) is 0 Å². The molecular weight excluding hydrogens is 297 g/mol. The quantitative estimate of drug-likeness (QED) is 0.918. The number of likely N-dealkylation sites (tertiary alicyclic amines) is 1. The number of rotatable bonds is 5.